The molecule has 0 bridgehead atoms. The van der Waals surface area contributed by atoms with Crippen molar-refractivity contribution < 1.29 is 19.9 Å². The fourth-order valence-corrected chi connectivity index (χ4v) is 5.12. The Labute approximate surface area is 248 Å². The molecule has 0 saturated heterocycles. The molecule has 0 spiro atoms. The molecule has 0 saturated carbocycles. The molecule has 42 heavy (non-hydrogen) atoms. The monoisotopic (exact) mass is 583 g/mol. The standard InChI is InChI=1S/C33H30ClN3O5/c34-26-8-4-7-25(18-26)32(39)21-36(20-24-5-2-1-3-6-24)28(22-38)17-23-9-12-29(13-10-23)42-33-15-16-35-31-19-27(37(40)41)11-14-30(31)33/h1-16,18-19,28,32,38-39H,17,20-22H2/t28-,32-/m0/s1. The summed E-state index contributed by atoms with van der Waals surface area (Å²) >= 11 is 6.16. The molecular formula is C33H30ClN3O5. The molecule has 0 fully saturated rings. The molecule has 5 rings (SSSR count). The van der Waals surface area contributed by atoms with Crippen LogP contribution in [0, 0.1) is 10.1 Å². The van der Waals surface area contributed by atoms with Gasteiger partial charge in [-0.2, -0.15) is 0 Å². The number of benzene rings is 4. The average molecular weight is 584 g/mol. The molecule has 214 valence electrons. The number of aliphatic hydroxyl groups excluding tert-OH is 2. The number of non-ortho nitro benzene ring substituents is 1. The van der Waals surface area contributed by atoms with E-state index in [0.29, 0.717) is 46.9 Å². The van der Waals surface area contributed by atoms with E-state index in [1.54, 1.807) is 30.5 Å². The number of nitrogens with zero attached hydrogens (tertiary/aromatic N) is 3. The van der Waals surface area contributed by atoms with Crippen LogP contribution in [0.3, 0.4) is 0 Å². The summed E-state index contributed by atoms with van der Waals surface area (Å²) in [5.74, 6) is 1.14. The van der Waals surface area contributed by atoms with E-state index in [1.807, 2.05) is 66.7 Å². The summed E-state index contributed by atoms with van der Waals surface area (Å²) in [6.07, 6.45) is 1.32. The van der Waals surface area contributed by atoms with E-state index in [0.717, 1.165) is 16.7 Å². The summed E-state index contributed by atoms with van der Waals surface area (Å²) in [7, 11) is 0. The molecular weight excluding hydrogens is 554 g/mol. The number of rotatable bonds is 12. The number of pyridine rings is 1. The lowest BCUT2D eigenvalue weighted by molar-refractivity contribution is -0.384. The predicted octanol–water partition coefficient (Wildman–Crippen LogP) is 6.73. The molecule has 0 amide bonds. The molecule has 2 atom stereocenters. The van der Waals surface area contributed by atoms with Crippen molar-refractivity contribution in [1.29, 1.82) is 0 Å². The number of ether oxygens (including phenoxy) is 1. The van der Waals surface area contributed by atoms with Gasteiger partial charge in [-0.15, -0.1) is 0 Å². The molecule has 1 aromatic heterocycles. The van der Waals surface area contributed by atoms with Gasteiger partial charge < -0.3 is 14.9 Å². The fraction of sp³-hybridized carbons (Fsp3) is 0.182. The maximum atomic E-state index is 11.1. The summed E-state index contributed by atoms with van der Waals surface area (Å²) in [5.41, 5.74) is 3.23. The molecule has 0 unspecified atom stereocenters. The third-order valence-corrected chi connectivity index (χ3v) is 7.35. The van der Waals surface area contributed by atoms with Crippen molar-refractivity contribution in [3.63, 3.8) is 0 Å². The summed E-state index contributed by atoms with van der Waals surface area (Å²) in [6.45, 7) is 0.773. The third kappa shape index (κ3) is 7.29. The molecule has 2 N–H and O–H groups in total. The van der Waals surface area contributed by atoms with Crippen LogP contribution >= 0.6 is 11.6 Å². The Hall–Kier alpha value is -4.34. The van der Waals surface area contributed by atoms with Crippen molar-refractivity contribution in [1.82, 2.24) is 9.88 Å². The second kappa shape index (κ2) is 13.5. The number of fused-ring (bicyclic) bond motifs is 1. The van der Waals surface area contributed by atoms with Gasteiger partial charge in [0.15, 0.2) is 0 Å². The number of halogens is 1. The number of hydrogen-bond acceptors (Lipinski definition) is 7. The normalized spacial score (nSPS) is 12.8. The summed E-state index contributed by atoms with van der Waals surface area (Å²) in [4.78, 5) is 17.0. The van der Waals surface area contributed by atoms with Crippen LogP contribution in [0.2, 0.25) is 5.02 Å². The summed E-state index contributed by atoms with van der Waals surface area (Å²) < 4.78 is 6.10. The van der Waals surface area contributed by atoms with Gasteiger partial charge in [-0.25, -0.2) is 0 Å². The zero-order valence-electron chi connectivity index (χ0n) is 22.7. The largest absolute Gasteiger partial charge is 0.457 e. The van der Waals surface area contributed by atoms with Crippen LogP contribution in [-0.4, -0.2) is 44.2 Å². The zero-order chi connectivity index (χ0) is 29.5. The van der Waals surface area contributed by atoms with Gasteiger partial charge in [0.25, 0.3) is 5.69 Å². The van der Waals surface area contributed by atoms with Gasteiger partial charge in [0, 0.05) is 47.9 Å². The van der Waals surface area contributed by atoms with Crippen molar-refractivity contribution in [2.24, 2.45) is 0 Å². The lowest BCUT2D eigenvalue weighted by Crippen LogP contribution is -2.41. The van der Waals surface area contributed by atoms with Crippen molar-refractivity contribution in [3.05, 3.63) is 141 Å². The molecule has 1 heterocycles. The Bertz CT molecular complexity index is 1650. The maximum Gasteiger partial charge on any atom is 0.271 e. The molecule has 5 aromatic rings. The summed E-state index contributed by atoms with van der Waals surface area (Å²) in [6, 6.07) is 30.7. The van der Waals surface area contributed by atoms with Gasteiger partial charge in [-0.1, -0.05) is 66.2 Å². The fourth-order valence-electron chi connectivity index (χ4n) is 4.92. The first-order valence-electron chi connectivity index (χ1n) is 13.5. The van der Waals surface area contributed by atoms with Gasteiger partial charge in [-0.05, 0) is 59.5 Å². The molecule has 0 aliphatic carbocycles. The average Bonchev–Trinajstić information content (AvgIpc) is 3.00. The second-order valence-electron chi connectivity index (χ2n) is 10.0. The predicted molar refractivity (Wildman–Crippen MR) is 163 cm³/mol. The lowest BCUT2D eigenvalue weighted by Gasteiger charge is -2.32. The van der Waals surface area contributed by atoms with E-state index in [2.05, 4.69) is 9.88 Å². The Morgan fingerprint density at radius 3 is 2.43 bits per heavy atom. The van der Waals surface area contributed by atoms with Crippen LogP contribution < -0.4 is 4.74 Å². The van der Waals surface area contributed by atoms with Crippen LogP contribution in [0.5, 0.6) is 11.5 Å². The van der Waals surface area contributed by atoms with Crippen LogP contribution in [0.15, 0.2) is 109 Å². The van der Waals surface area contributed by atoms with Crippen LogP contribution in [0.4, 0.5) is 5.69 Å². The minimum atomic E-state index is -0.783. The number of aromatic nitrogens is 1. The highest BCUT2D eigenvalue weighted by Gasteiger charge is 2.23. The highest BCUT2D eigenvalue weighted by atomic mass is 35.5. The van der Waals surface area contributed by atoms with Crippen molar-refractivity contribution in [2.45, 2.75) is 25.1 Å². The maximum absolute atomic E-state index is 11.1. The second-order valence-corrected chi connectivity index (χ2v) is 10.5. The van der Waals surface area contributed by atoms with Crippen LogP contribution in [-0.2, 0) is 13.0 Å². The number of hydrogen-bond donors (Lipinski definition) is 2. The van der Waals surface area contributed by atoms with Gasteiger partial charge in [0.1, 0.15) is 11.5 Å². The van der Waals surface area contributed by atoms with Crippen LogP contribution in [0.25, 0.3) is 10.9 Å². The number of aliphatic hydroxyl groups is 2. The van der Waals surface area contributed by atoms with Crippen molar-refractivity contribution >= 4 is 28.2 Å². The first-order valence-corrected chi connectivity index (χ1v) is 13.9. The Balaban J connectivity index is 1.32. The quantitative estimate of drug-likeness (QED) is 0.124. The van der Waals surface area contributed by atoms with Gasteiger partial charge in [-0.3, -0.25) is 20.0 Å². The molecule has 4 aromatic carbocycles. The minimum Gasteiger partial charge on any atom is -0.457 e. The van der Waals surface area contributed by atoms with E-state index in [1.165, 1.54) is 12.1 Å². The Kier molecular flexibility index (Phi) is 9.41. The zero-order valence-corrected chi connectivity index (χ0v) is 23.5. The smallest absolute Gasteiger partial charge is 0.271 e. The van der Waals surface area contributed by atoms with E-state index >= 15 is 0 Å². The number of nitro benzene ring substituents is 1. The van der Waals surface area contributed by atoms with Crippen molar-refractivity contribution in [2.75, 3.05) is 13.2 Å². The Morgan fingerprint density at radius 2 is 1.71 bits per heavy atom. The van der Waals surface area contributed by atoms with Crippen molar-refractivity contribution in [3.8, 4) is 11.5 Å². The van der Waals surface area contributed by atoms with E-state index in [9.17, 15) is 20.3 Å². The first-order chi connectivity index (χ1) is 20.4. The van der Waals surface area contributed by atoms with E-state index in [4.69, 9.17) is 16.3 Å². The molecule has 8 nitrogen and oxygen atoms in total. The highest BCUT2D eigenvalue weighted by Crippen LogP contribution is 2.31. The third-order valence-electron chi connectivity index (χ3n) is 7.12. The first kappa shape index (κ1) is 29.2. The molecule has 0 radical (unpaired) electrons. The lowest BCUT2D eigenvalue weighted by atomic mass is 10.0. The highest BCUT2D eigenvalue weighted by molar-refractivity contribution is 6.30. The SMILES string of the molecule is O=[N+]([O-])c1ccc2c(Oc3ccc(C[C@@H](CO)N(Cc4ccccc4)C[C@H](O)c4cccc(Cl)c4)cc3)ccnc2c1. The van der Waals surface area contributed by atoms with E-state index < -0.39 is 11.0 Å². The number of nitro groups is 1. The Morgan fingerprint density at radius 1 is 0.929 bits per heavy atom. The minimum absolute atomic E-state index is 0.0312. The summed E-state index contributed by atoms with van der Waals surface area (Å²) in [5, 5.41) is 33.9. The van der Waals surface area contributed by atoms with Gasteiger partial charge in [0.2, 0.25) is 0 Å². The molecule has 9 heteroatoms. The van der Waals surface area contributed by atoms with Gasteiger partial charge >= 0.3 is 0 Å². The van der Waals surface area contributed by atoms with Gasteiger partial charge in [0.05, 0.1) is 23.2 Å². The molecule has 0 aliphatic rings. The van der Waals surface area contributed by atoms with Crippen LogP contribution in [0.1, 0.15) is 22.8 Å². The van der Waals surface area contributed by atoms with E-state index in [-0.39, 0.29) is 18.3 Å². The molecule has 0 aliphatic heterocycles. The topological polar surface area (TPSA) is 109 Å².